The van der Waals surface area contributed by atoms with Crippen molar-refractivity contribution in [3.8, 4) is 0 Å². The van der Waals surface area contributed by atoms with E-state index >= 15 is 0 Å². The highest BCUT2D eigenvalue weighted by Gasteiger charge is 2.41. The summed E-state index contributed by atoms with van der Waals surface area (Å²) in [7, 11) is 1.27. The summed E-state index contributed by atoms with van der Waals surface area (Å²) < 4.78 is 94.7. The molecule has 234 valence electrons. The van der Waals surface area contributed by atoms with Crippen LogP contribution in [0.3, 0.4) is 0 Å². The topological polar surface area (TPSA) is 60.9 Å². The molecule has 2 heterocycles. The number of likely N-dealkylation sites (tertiary alicyclic amines) is 2. The summed E-state index contributed by atoms with van der Waals surface area (Å²) in [5.41, 5.74) is -3.58. The van der Waals surface area contributed by atoms with Gasteiger partial charge in [-0.2, -0.15) is 26.3 Å². The number of likely N-dealkylation sites (N-methyl/N-ethyl adjacent to an activating group) is 1. The van der Waals surface area contributed by atoms with Crippen LogP contribution < -0.4 is 0 Å². The maximum Gasteiger partial charge on any atom is 0.416 e. The lowest BCUT2D eigenvalue weighted by Gasteiger charge is -2.44. The number of carbonyl (C=O) groups is 3. The van der Waals surface area contributed by atoms with Gasteiger partial charge in [0.05, 0.1) is 16.1 Å². The normalized spacial score (nSPS) is 20.2. The van der Waals surface area contributed by atoms with Crippen LogP contribution in [0.25, 0.3) is 0 Å². The van der Waals surface area contributed by atoms with E-state index in [9.17, 15) is 45.1 Å². The van der Waals surface area contributed by atoms with Gasteiger partial charge in [-0.25, -0.2) is 4.39 Å². The van der Waals surface area contributed by atoms with Crippen molar-refractivity contribution in [1.82, 2.24) is 14.7 Å². The van der Waals surface area contributed by atoms with Gasteiger partial charge in [0.15, 0.2) is 0 Å². The van der Waals surface area contributed by atoms with E-state index in [1.54, 1.807) is 9.80 Å². The largest absolute Gasteiger partial charge is 0.416 e. The van der Waals surface area contributed by atoms with Crippen molar-refractivity contribution in [2.24, 2.45) is 5.92 Å². The number of piperidine rings is 2. The molecule has 0 radical (unpaired) electrons. The van der Waals surface area contributed by atoms with Crippen molar-refractivity contribution in [3.05, 3.63) is 69.5 Å². The molecule has 4 rings (SSSR count). The molecule has 0 unspecified atom stereocenters. The Hall–Kier alpha value is -3.35. The van der Waals surface area contributed by atoms with Gasteiger partial charge >= 0.3 is 12.4 Å². The summed E-state index contributed by atoms with van der Waals surface area (Å²) in [6, 6.07) is 3.79. The van der Waals surface area contributed by atoms with Gasteiger partial charge in [0, 0.05) is 63.6 Å². The SMILES string of the molecule is CC(=O)N1CCC(C(=O)N2CC[C@@H](N(C)C(=O)c3cc(C(F)(F)F)cc(C(F)(F)F)c3)[C@H](c3ccc(F)c(Cl)c3)C2)CC1. The average Bonchev–Trinajstić information content (AvgIpc) is 2.96. The predicted octanol–water partition coefficient (Wildman–Crippen LogP) is 6.23. The number of hydrogen-bond acceptors (Lipinski definition) is 3. The highest BCUT2D eigenvalue weighted by atomic mass is 35.5. The first-order valence-corrected chi connectivity index (χ1v) is 13.9. The van der Waals surface area contributed by atoms with Crippen molar-refractivity contribution in [3.63, 3.8) is 0 Å². The van der Waals surface area contributed by atoms with E-state index in [0.29, 0.717) is 43.6 Å². The van der Waals surface area contributed by atoms with Crippen LogP contribution in [0.4, 0.5) is 30.7 Å². The minimum atomic E-state index is -5.13. The zero-order chi connectivity index (χ0) is 31.9. The summed E-state index contributed by atoms with van der Waals surface area (Å²) in [4.78, 5) is 42.9. The van der Waals surface area contributed by atoms with Crippen LogP contribution in [0.15, 0.2) is 36.4 Å². The molecule has 6 nitrogen and oxygen atoms in total. The summed E-state index contributed by atoms with van der Waals surface area (Å²) in [5.74, 6) is -3.07. The van der Waals surface area contributed by atoms with Gasteiger partial charge in [-0.05, 0) is 55.2 Å². The summed E-state index contributed by atoms with van der Waals surface area (Å²) >= 11 is 6.02. The van der Waals surface area contributed by atoms with Crippen LogP contribution in [0.2, 0.25) is 5.02 Å². The molecular weight excluding hydrogens is 607 g/mol. The third kappa shape index (κ3) is 7.25. The minimum Gasteiger partial charge on any atom is -0.343 e. The van der Waals surface area contributed by atoms with Gasteiger partial charge in [0.25, 0.3) is 5.91 Å². The smallest absolute Gasteiger partial charge is 0.343 e. The molecule has 2 aromatic rings. The van der Waals surface area contributed by atoms with Crippen LogP contribution in [-0.2, 0) is 21.9 Å². The number of hydrogen-bond donors (Lipinski definition) is 0. The summed E-state index contributed by atoms with van der Waals surface area (Å²) in [6.45, 7) is 2.51. The Kier molecular flexibility index (Phi) is 9.34. The van der Waals surface area contributed by atoms with E-state index in [4.69, 9.17) is 11.6 Å². The fourth-order valence-corrected chi connectivity index (χ4v) is 6.00. The lowest BCUT2D eigenvalue weighted by molar-refractivity contribution is -0.143. The molecule has 0 N–H and O–H groups in total. The molecule has 2 fully saturated rings. The standard InChI is InChI=1S/C29H29ClF7N3O3/c1-16(41)39-8-5-17(6-9-39)27(43)40-10-7-25(22(15-40)18-3-4-24(31)23(30)13-18)38(2)26(42)19-11-20(28(32,33)34)14-21(12-19)29(35,36)37/h3-4,11-14,17,22,25H,5-10,15H2,1-2H3/t22-,25+/m0/s1. The Morgan fingerprint density at radius 1 is 0.860 bits per heavy atom. The van der Waals surface area contributed by atoms with Crippen molar-refractivity contribution in [2.45, 2.75) is 50.5 Å². The highest BCUT2D eigenvalue weighted by Crippen LogP contribution is 2.38. The minimum absolute atomic E-state index is 0.0480. The second-order valence-corrected chi connectivity index (χ2v) is 11.3. The predicted molar refractivity (Wildman–Crippen MR) is 143 cm³/mol. The molecule has 0 aromatic heterocycles. The molecule has 0 aliphatic carbocycles. The zero-order valence-corrected chi connectivity index (χ0v) is 24.0. The van der Waals surface area contributed by atoms with E-state index in [1.165, 1.54) is 26.1 Å². The van der Waals surface area contributed by atoms with Crippen LogP contribution in [0.1, 0.15) is 59.2 Å². The average molecular weight is 636 g/mol. The second-order valence-electron chi connectivity index (χ2n) is 10.9. The van der Waals surface area contributed by atoms with Crippen LogP contribution in [0.5, 0.6) is 0 Å². The number of carbonyl (C=O) groups excluding carboxylic acids is 3. The van der Waals surface area contributed by atoms with Crippen LogP contribution in [0, 0.1) is 11.7 Å². The fourth-order valence-electron chi connectivity index (χ4n) is 5.81. The van der Waals surface area contributed by atoms with Crippen molar-refractivity contribution >= 4 is 29.3 Å². The van der Waals surface area contributed by atoms with Gasteiger partial charge in [-0.3, -0.25) is 14.4 Å². The molecule has 14 heteroatoms. The molecule has 0 saturated carbocycles. The molecule has 2 saturated heterocycles. The maximum atomic E-state index is 14.0. The zero-order valence-electron chi connectivity index (χ0n) is 23.2. The molecule has 2 aliphatic heterocycles. The molecule has 2 aliphatic rings. The third-order valence-corrected chi connectivity index (χ3v) is 8.49. The van der Waals surface area contributed by atoms with Crippen molar-refractivity contribution < 1.29 is 45.1 Å². The number of alkyl halides is 6. The van der Waals surface area contributed by atoms with Gasteiger partial charge in [0.1, 0.15) is 5.82 Å². The molecular formula is C29H29ClF7N3O3. The first kappa shape index (κ1) is 32.6. The first-order valence-electron chi connectivity index (χ1n) is 13.5. The van der Waals surface area contributed by atoms with Gasteiger partial charge in [0.2, 0.25) is 11.8 Å². The quantitative estimate of drug-likeness (QED) is 0.374. The van der Waals surface area contributed by atoms with Crippen molar-refractivity contribution in [2.75, 3.05) is 33.2 Å². The van der Waals surface area contributed by atoms with E-state index in [1.807, 2.05) is 0 Å². The van der Waals surface area contributed by atoms with Gasteiger partial charge < -0.3 is 14.7 Å². The molecule has 43 heavy (non-hydrogen) atoms. The number of halogens is 8. The number of amides is 3. The highest BCUT2D eigenvalue weighted by molar-refractivity contribution is 6.30. The lowest BCUT2D eigenvalue weighted by atomic mass is 9.83. The van der Waals surface area contributed by atoms with Crippen LogP contribution >= 0.6 is 11.6 Å². The van der Waals surface area contributed by atoms with E-state index in [2.05, 4.69) is 0 Å². The van der Waals surface area contributed by atoms with Gasteiger partial charge in [-0.15, -0.1) is 0 Å². The molecule has 3 amide bonds. The second kappa shape index (κ2) is 12.3. The lowest BCUT2D eigenvalue weighted by Crippen LogP contribution is -2.53. The number of rotatable bonds is 4. The summed E-state index contributed by atoms with van der Waals surface area (Å²) in [5, 5.41) is -0.224. The number of benzene rings is 2. The Bertz CT molecular complexity index is 1360. The first-order chi connectivity index (χ1) is 20.0. The summed E-state index contributed by atoms with van der Waals surface area (Å²) in [6.07, 6.45) is -9.20. The number of nitrogens with zero attached hydrogens (tertiary/aromatic N) is 3. The van der Waals surface area contributed by atoms with Crippen molar-refractivity contribution in [1.29, 1.82) is 0 Å². The van der Waals surface area contributed by atoms with Crippen LogP contribution in [-0.4, -0.2) is 71.7 Å². The fraction of sp³-hybridized carbons (Fsp3) is 0.483. The Balaban J connectivity index is 1.63. The van der Waals surface area contributed by atoms with E-state index < -0.39 is 52.7 Å². The maximum absolute atomic E-state index is 14.0. The Morgan fingerprint density at radius 2 is 1.42 bits per heavy atom. The molecule has 2 atom stereocenters. The third-order valence-electron chi connectivity index (χ3n) is 8.20. The Morgan fingerprint density at radius 3 is 1.93 bits per heavy atom. The Labute approximate surface area is 248 Å². The molecule has 0 bridgehead atoms. The monoisotopic (exact) mass is 635 g/mol. The van der Waals surface area contributed by atoms with E-state index in [-0.39, 0.29) is 48.3 Å². The van der Waals surface area contributed by atoms with Gasteiger partial charge in [-0.1, -0.05) is 17.7 Å². The van der Waals surface area contributed by atoms with E-state index in [0.717, 1.165) is 11.0 Å². The molecule has 0 spiro atoms. The molecule has 2 aromatic carbocycles.